The topological polar surface area (TPSA) is 86.6 Å². The van der Waals surface area contributed by atoms with Gasteiger partial charge in [0, 0.05) is 23.5 Å². The molecule has 3 N–H and O–H groups in total. The number of ether oxygens (including phenoxy) is 1. The lowest BCUT2D eigenvalue weighted by atomic mass is 9.80. The molecule has 0 atom stereocenters. The monoisotopic (exact) mass is 326 g/mol. The van der Waals surface area contributed by atoms with E-state index in [4.69, 9.17) is 10.1 Å². The Hall–Kier alpha value is -2.63. The normalized spacial score (nSPS) is 22.4. The van der Waals surface area contributed by atoms with Gasteiger partial charge in [0.25, 0.3) is 0 Å². The fourth-order valence-electron chi connectivity index (χ4n) is 2.96. The number of carbonyl (C=O) groups excluding carboxylic acids is 1. The minimum absolute atomic E-state index is 0.00834. The smallest absolute Gasteiger partial charge is 0.308 e. The van der Waals surface area contributed by atoms with Gasteiger partial charge < -0.3 is 20.8 Å². The van der Waals surface area contributed by atoms with Crippen LogP contribution in [-0.4, -0.2) is 37.1 Å². The molecule has 6 heteroatoms. The number of benzene rings is 1. The quantitative estimate of drug-likeness (QED) is 0.573. The zero-order valence-corrected chi connectivity index (χ0v) is 13.9. The van der Waals surface area contributed by atoms with Crippen LogP contribution in [0.5, 0.6) is 0 Å². The first-order chi connectivity index (χ1) is 11.6. The van der Waals surface area contributed by atoms with Gasteiger partial charge in [0.05, 0.1) is 36.7 Å². The van der Waals surface area contributed by atoms with Crippen molar-refractivity contribution in [1.29, 1.82) is 5.41 Å². The zero-order chi connectivity index (χ0) is 17.1. The van der Waals surface area contributed by atoms with Crippen LogP contribution < -0.4 is 10.6 Å². The molecule has 1 aliphatic heterocycles. The minimum atomic E-state index is -0.141. The van der Waals surface area contributed by atoms with Crippen LogP contribution in [-0.2, 0) is 9.53 Å². The average molecular weight is 326 g/mol. The number of nitrogens with zero attached hydrogens (tertiary/aromatic N) is 1. The van der Waals surface area contributed by atoms with Crippen molar-refractivity contribution in [2.75, 3.05) is 19.0 Å². The molecule has 0 saturated heterocycles. The number of hydrogen-bond donors (Lipinski definition) is 3. The van der Waals surface area contributed by atoms with Crippen molar-refractivity contribution >= 4 is 28.8 Å². The van der Waals surface area contributed by atoms with Gasteiger partial charge in [0.2, 0.25) is 0 Å². The fourth-order valence-corrected chi connectivity index (χ4v) is 2.96. The van der Waals surface area contributed by atoms with Crippen molar-refractivity contribution in [1.82, 2.24) is 5.32 Å². The molecule has 0 aromatic heterocycles. The lowest BCUT2D eigenvalue weighted by Gasteiger charge is -2.33. The Morgan fingerprint density at radius 2 is 2.17 bits per heavy atom. The van der Waals surface area contributed by atoms with Gasteiger partial charge in [-0.15, -0.1) is 0 Å². The van der Waals surface area contributed by atoms with Crippen molar-refractivity contribution in [3.8, 4) is 0 Å². The van der Waals surface area contributed by atoms with Crippen LogP contribution in [0.2, 0.25) is 0 Å². The average Bonchev–Trinajstić information content (AvgIpc) is 2.55. The Balaban J connectivity index is 1.69. The molecule has 126 valence electrons. The summed E-state index contributed by atoms with van der Waals surface area (Å²) in [6.45, 7) is 2.35. The highest BCUT2D eigenvalue weighted by molar-refractivity contribution is 6.25. The maximum atomic E-state index is 11.4. The van der Waals surface area contributed by atoms with Crippen molar-refractivity contribution < 1.29 is 9.53 Å². The zero-order valence-electron chi connectivity index (χ0n) is 13.9. The van der Waals surface area contributed by atoms with Crippen molar-refractivity contribution in [2.24, 2.45) is 10.9 Å². The maximum Gasteiger partial charge on any atom is 0.308 e. The van der Waals surface area contributed by atoms with Gasteiger partial charge in [-0.1, -0.05) is 12.1 Å². The van der Waals surface area contributed by atoms with Gasteiger partial charge in [-0.2, -0.15) is 0 Å². The van der Waals surface area contributed by atoms with Crippen LogP contribution in [0.15, 0.2) is 41.0 Å². The highest BCUT2D eigenvalue weighted by Gasteiger charge is 2.34. The van der Waals surface area contributed by atoms with Gasteiger partial charge >= 0.3 is 5.97 Å². The van der Waals surface area contributed by atoms with Gasteiger partial charge in [-0.05, 0) is 31.9 Å². The first-order valence-electron chi connectivity index (χ1n) is 8.09. The summed E-state index contributed by atoms with van der Waals surface area (Å²) in [7, 11) is 1.42. The Kier molecular flexibility index (Phi) is 4.64. The van der Waals surface area contributed by atoms with E-state index in [2.05, 4.69) is 15.6 Å². The molecule has 0 spiro atoms. The van der Waals surface area contributed by atoms with Gasteiger partial charge in [-0.25, -0.2) is 4.99 Å². The number of fused-ring (bicyclic) bond motifs is 1. The number of carbonyl (C=O) groups is 1. The third-order valence-electron chi connectivity index (χ3n) is 4.46. The molecule has 0 radical (unpaired) electrons. The molecule has 1 aliphatic carbocycles. The van der Waals surface area contributed by atoms with E-state index in [0.717, 1.165) is 35.5 Å². The molecule has 0 bridgehead atoms. The van der Waals surface area contributed by atoms with Crippen LogP contribution in [0.3, 0.4) is 0 Å². The van der Waals surface area contributed by atoms with Crippen molar-refractivity contribution in [3.63, 3.8) is 0 Å². The molecule has 0 amide bonds. The molecule has 1 aromatic rings. The van der Waals surface area contributed by atoms with E-state index in [1.165, 1.54) is 7.11 Å². The van der Waals surface area contributed by atoms with Crippen LogP contribution in [0, 0.1) is 11.3 Å². The first-order valence-corrected chi connectivity index (χ1v) is 8.09. The summed E-state index contributed by atoms with van der Waals surface area (Å²) < 4.78 is 4.75. The van der Waals surface area contributed by atoms with E-state index in [1.807, 2.05) is 30.5 Å². The van der Waals surface area contributed by atoms with Gasteiger partial charge in [-0.3, -0.25) is 4.79 Å². The second-order valence-electron chi connectivity index (χ2n) is 6.17. The number of anilines is 1. The minimum Gasteiger partial charge on any atom is -0.469 e. The Morgan fingerprint density at radius 3 is 2.88 bits per heavy atom. The summed E-state index contributed by atoms with van der Waals surface area (Å²) in [6.07, 6.45) is 3.39. The Labute approximate surface area is 141 Å². The van der Waals surface area contributed by atoms with Crippen LogP contribution in [0.25, 0.3) is 0 Å². The third-order valence-corrected chi connectivity index (χ3v) is 4.46. The largest absolute Gasteiger partial charge is 0.469 e. The maximum absolute atomic E-state index is 11.4. The summed E-state index contributed by atoms with van der Waals surface area (Å²) in [4.78, 5) is 16.1. The number of esters is 1. The second kappa shape index (κ2) is 6.86. The number of methoxy groups -OCH3 is 1. The van der Waals surface area contributed by atoms with E-state index in [9.17, 15) is 4.79 Å². The molecular formula is C18H22N4O2. The van der Waals surface area contributed by atoms with Gasteiger partial charge in [0.1, 0.15) is 0 Å². The summed E-state index contributed by atoms with van der Waals surface area (Å²) in [5, 5.41) is 14.7. The fraction of sp³-hybridized carbons (Fsp3) is 0.389. The van der Waals surface area contributed by atoms with E-state index in [1.54, 1.807) is 6.92 Å². The molecule has 24 heavy (non-hydrogen) atoms. The Morgan fingerprint density at radius 1 is 1.42 bits per heavy atom. The standard InChI is InChI=1S/C18H22N4O2/c1-11(19)14(9-20-13-7-12(8-13)18(23)24-2)17-10-21-15-5-3-4-6-16(15)22-17/h3-6,9,12-13,19-21H,7-8,10H2,1-2H3/b14-9+,19-11?. The molecule has 1 saturated carbocycles. The van der Waals surface area contributed by atoms with Crippen LogP contribution in [0.4, 0.5) is 11.4 Å². The summed E-state index contributed by atoms with van der Waals surface area (Å²) >= 11 is 0. The third kappa shape index (κ3) is 3.32. The number of rotatable bonds is 5. The highest BCUT2D eigenvalue weighted by atomic mass is 16.5. The number of aliphatic imine (C=N–C) groups is 1. The van der Waals surface area contributed by atoms with E-state index < -0.39 is 0 Å². The van der Waals surface area contributed by atoms with Crippen LogP contribution in [0.1, 0.15) is 19.8 Å². The molecule has 3 rings (SSSR count). The molecule has 1 aromatic carbocycles. The molecule has 6 nitrogen and oxygen atoms in total. The number of hydrogen-bond acceptors (Lipinski definition) is 6. The van der Waals surface area contributed by atoms with Crippen molar-refractivity contribution in [2.45, 2.75) is 25.8 Å². The Bertz CT molecular complexity index is 717. The van der Waals surface area contributed by atoms with E-state index in [-0.39, 0.29) is 17.9 Å². The first kappa shape index (κ1) is 16.2. The predicted octanol–water partition coefficient (Wildman–Crippen LogP) is 2.65. The number of nitrogens with one attached hydrogen (secondary N) is 3. The molecule has 1 heterocycles. The summed E-state index contributed by atoms with van der Waals surface area (Å²) in [6, 6.07) is 8.12. The van der Waals surface area contributed by atoms with Crippen molar-refractivity contribution in [3.05, 3.63) is 36.0 Å². The predicted molar refractivity (Wildman–Crippen MR) is 95.2 cm³/mol. The van der Waals surface area contributed by atoms with Gasteiger partial charge in [0.15, 0.2) is 0 Å². The SMILES string of the molecule is COC(=O)C1CC(N/C=C(\C(C)=N)C2=Nc3ccccc3NC2)C1. The van der Waals surface area contributed by atoms with Crippen LogP contribution >= 0.6 is 0 Å². The molecule has 0 unspecified atom stereocenters. The van der Waals surface area contributed by atoms with E-state index >= 15 is 0 Å². The second-order valence-corrected chi connectivity index (χ2v) is 6.17. The summed E-state index contributed by atoms with van der Waals surface area (Å²) in [5.74, 6) is -0.149. The molecular weight excluding hydrogens is 304 g/mol. The molecule has 2 aliphatic rings. The highest BCUT2D eigenvalue weighted by Crippen LogP contribution is 2.30. The number of para-hydroxylation sites is 2. The summed E-state index contributed by atoms with van der Waals surface area (Å²) in [5.41, 5.74) is 4.00. The lowest BCUT2D eigenvalue weighted by molar-refractivity contribution is -0.149. The van der Waals surface area contributed by atoms with E-state index in [0.29, 0.717) is 12.3 Å². The lowest BCUT2D eigenvalue weighted by Crippen LogP contribution is -2.43. The molecule has 1 fully saturated rings.